The van der Waals surface area contributed by atoms with Gasteiger partial charge in [-0.05, 0) is 43.3 Å². The molecule has 2 aromatic rings. The molecule has 6 heteroatoms. The van der Waals surface area contributed by atoms with Crippen LogP contribution in [0.2, 0.25) is 0 Å². The van der Waals surface area contributed by atoms with E-state index in [1.54, 1.807) is 26.4 Å². The van der Waals surface area contributed by atoms with Crippen molar-refractivity contribution in [3.63, 3.8) is 0 Å². The van der Waals surface area contributed by atoms with Crippen LogP contribution < -0.4 is 14.4 Å². The highest BCUT2D eigenvalue weighted by Gasteiger charge is 2.41. The smallest absolute Gasteiger partial charge is 0.251 e. The van der Waals surface area contributed by atoms with Crippen LogP contribution >= 0.6 is 0 Å². The molecule has 0 saturated carbocycles. The van der Waals surface area contributed by atoms with Gasteiger partial charge in [0.1, 0.15) is 0 Å². The normalized spacial score (nSPS) is 16.9. The molecule has 1 fully saturated rings. The van der Waals surface area contributed by atoms with Crippen molar-refractivity contribution in [3.05, 3.63) is 54.1 Å². The first-order chi connectivity index (χ1) is 13.0. The summed E-state index contributed by atoms with van der Waals surface area (Å²) in [5.74, 6) is 1.04. The third-order valence-electron chi connectivity index (χ3n) is 4.87. The van der Waals surface area contributed by atoms with Gasteiger partial charge in [0.15, 0.2) is 11.5 Å². The van der Waals surface area contributed by atoms with E-state index in [2.05, 4.69) is 0 Å². The summed E-state index contributed by atoms with van der Waals surface area (Å²) in [7, 11) is 5.09. The number of ether oxygens (including phenoxy) is 2. The zero-order valence-corrected chi connectivity index (χ0v) is 15.8. The topological polar surface area (TPSA) is 59.1 Å². The van der Waals surface area contributed by atoms with E-state index in [9.17, 15) is 9.59 Å². The summed E-state index contributed by atoms with van der Waals surface area (Å²) in [6.07, 6.45) is 0.941. The van der Waals surface area contributed by atoms with Gasteiger partial charge in [0.05, 0.1) is 32.4 Å². The number of hydrogen-bond donors (Lipinski definition) is 0. The van der Waals surface area contributed by atoms with Crippen molar-refractivity contribution in [3.8, 4) is 11.5 Å². The molecular weight excluding hydrogens is 344 g/mol. The molecule has 0 N–H and O–H groups in total. The summed E-state index contributed by atoms with van der Waals surface area (Å²) in [6, 6.07) is 14.4. The Kier molecular flexibility index (Phi) is 5.76. The van der Waals surface area contributed by atoms with Crippen molar-refractivity contribution in [1.82, 2.24) is 4.90 Å². The number of benzene rings is 2. The maximum Gasteiger partial charge on any atom is 0.251 e. The van der Waals surface area contributed by atoms with Crippen molar-refractivity contribution in [2.24, 2.45) is 0 Å². The standard InChI is InChI=1S/C21H24N2O4/c1-22(12-11-15-9-10-18(26-2)19(13-15)27-3)17-14-20(24)23(21(17)25)16-7-5-4-6-8-16/h4-10,13,17H,11-12,14H2,1-3H3/t17-/m0/s1. The number of amides is 2. The molecule has 1 saturated heterocycles. The molecule has 0 unspecified atom stereocenters. The molecular formula is C21H24N2O4. The number of carbonyl (C=O) groups is 2. The van der Waals surface area contributed by atoms with Gasteiger partial charge in [0.2, 0.25) is 5.91 Å². The van der Waals surface area contributed by atoms with Gasteiger partial charge in [-0.15, -0.1) is 0 Å². The third kappa shape index (κ3) is 3.95. The fraction of sp³-hybridized carbons (Fsp3) is 0.333. The number of likely N-dealkylation sites (N-methyl/N-ethyl adjacent to an activating group) is 1. The van der Waals surface area contributed by atoms with Crippen molar-refractivity contribution in [2.75, 3.05) is 32.7 Å². The number of para-hydroxylation sites is 1. The van der Waals surface area contributed by atoms with Gasteiger partial charge in [-0.25, -0.2) is 4.90 Å². The Hall–Kier alpha value is -2.86. The lowest BCUT2D eigenvalue weighted by atomic mass is 10.1. The lowest BCUT2D eigenvalue weighted by Crippen LogP contribution is -2.40. The average Bonchev–Trinajstić information content (AvgIpc) is 3.00. The zero-order valence-electron chi connectivity index (χ0n) is 15.8. The summed E-state index contributed by atoms with van der Waals surface area (Å²) in [5, 5.41) is 0. The van der Waals surface area contributed by atoms with Crippen molar-refractivity contribution >= 4 is 17.5 Å². The van der Waals surface area contributed by atoms with Crippen molar-refractivity contribution < 1.29 is 19.1 Å². The van der Waals surface area contributed by atoms with Gasteiger partial charge in [-0.2, -0.15) is 0 Å². The minimum absolute atomic E-state index is 0.158. The Morgan fingerprint density at radius 1 is 1.04 bits per heavy atom. The average molecular weight is 368 g/mol. The minimum atomic E-state index is -0.433. The van der Waals surface area contributed by atoms with Crippen LogP contribution in [0, 0.1) is 0 Å². The summed E-state index contributed by atoms with van der Waals surface area (Å²) in [5.41, 5.74) is 1.71. The predicted octanol–water partition coefficient (Wildman–Crippen LogP) is 2.51. The fourth-order valence-electron chi connectivity index (χ4n) is 3.31. The van der Waals surface area contributed by atoms with E-state index >= 15 is 0 Å². The molecule has 6 nitrogen and oxygen atoms in total. The highest BCUT2D eigenvalue weighted by Crippen LogP contribution is 2.28. The van der Waals surface area contributed by atoms with E-state index in [0.717, 1.165) is 12.0 Å². The molecule has 1 aliphatic heterocycles. The van der Waals surface area contributed by atoms with Crippen LogP contribution in [0.1, 0.15) is 12.0 Å². The first kappa shape index (κ1) is 18.9. The summed E-state index contributed by atoms with van der Waals surface area (Å²) in [4.78, 5) is 28.4. The molecule has 2 aromatic carbocycles. The number of imide groups is 1. The lowest BCUT2D eigenvalue weighted by Gasteiger charge is -2.23. The Bertz CT molecular complexity index is 822. The van der Waals surface area contributed by atoms with Gasteiger partial charge in [-0.3, -0.25) is 14.5 Å². The Labute approximate surface area is 159 Å². The second-order valence-electron chi connectivity index (χ2n) is 6.54. The number of rotatable bonds is 7. The van der Waals surface area contributed by atoms with E-state index in [1.807, 2.05) is 48.3 Å². The van der Waals surface area contributed by atoms with Crippen LogP contribution in [0.5, 0.6) is 11.5 Å². The summed E-state index contributed by atoms with van der Waals surface area (Å²) in [6.45, 7) is 0.655. The number of hydrogen-bond acceptors (Lipinski definition) is 5. The SMILES string of the molecule is COc1ccc(CCN(C)[C@H]2CC(=O)N(c3ccccc3)C2=O)cc1OC. The van der Waals surface area contributed by atoms with Crippen LogP contribution in [-0.4, -0.2) is 50.6 Å². The van der Waals surface area contributed by atoms with Crippen LogP contribution in [0.15, 0.2) is 48.5 Å². The summed E-state index contributed by atoms with van der Waals surface area (Å²) >= 11 is 0. The van der Waals surface area contributed by atoms with E-state index in [-0.39, 0.29) is 18.2 Å². The molecule has 0 bridgehead atoms. The number of carbonyl (C=O) groups excluding carboxylic acids is 2. The molecule has 1 heterocycles. The number of methoxy groups -OCH3 is 2. The maximum absolute atomic E-state index is 12.8. The first-order valence-corrected chi connectivity index (χ1v) is 8.88. The van der Waals surface area contributed by atoms with Crippen LogP contribution in [0.3, 0.4) is 0 Å². The van der Waals surface area contributed by atoms with E-state index in [4.69, 9.17) is 9.47 Å². The second-order valence-corrected chi connectivity index (χ2v) is 6.54. The molecule has 1 aliphatic rings. The van der Waals surface area contributed by atoms with Gasteiger partial charge in [-0.1, -0.05) is 24.3 Å². The van der Waals surface area contributed by atoms with Crippen molar-refractivity contribution in [2.45, 2.75) is 18.9 Å². The molecule has 3 rings (SSSR count). The predicted molar refractivity (Wildman–Crippen MR) is 103 cm³/mol. The van der Waals surface area contributed by atoms with Gasteiger partial charge in [0, 0.05) is 6.54 Å². The second kappa shape index (κ2) is 8.22. The molecule has 0 aliphatic carbocycles. The molecule has 0 spiro atoms. The highest BCUT2D eigenvalue weighted by atomic mass is 16.5. The largest absolute Gasteiger partial charge is 0.493 e. The molecule has 27 heavy (non-hydrogen) atoms. The first-order valence-electron chi connectivity index (χ1n) is 8.88. The van der Waals surface area contributed by atoms with Crippen LogP contribution in [-0.2, 0) is 16.0 Å². The van der Waals surface area contributed by atoms with E-state index < -0.39 is 6.04 Å². The van der Waals surface area contributed by atoms with Gasteiger partial charge in [0.25, 0.3) is 5.91 Å². The minimum Gasteiger partial charge on any atom is -0.493 e. The molecule has 0 aromatic heterocycles. The van der Waals surface area contributed by atoms with E-state index in [0.29, 0.717) is 23.7 Å². The van der Waals surface area contributed by atoms with Crippen LogP contribution in [0.4, 0.5) is 5.69 Å². The Morgan fingerprint density at radius 2 is 1.74 bits per heavy atom. The zero-order chi connectivity index (χ0) is 19.4. The summed E-state index contributed by atoms with van der Waals surface area (Å²) < 4.78 is 10.6. The fourth-order valence-corrected chi connectivity index (χ4v) is 3.31. The highest BCUT2D eigenvalue weighted by molar-refractivity contribution is 6.22. The van der Waals surface area contributed by atoms with Crippen LogP contribution in [0.25, 0.3) is 0 Å². The maximum atomic E-state index is 12.8. The molecule has 2 amide bonds. The molecule has 142 valence electrons. The lowest BCUT2D eigenvalue weighted by molar-refractivity contribution is -0.122. The molecule has 0 radical (unpaired) electrons. The number of nitrogens with zero attached hydrogens (tertiary/aromatic N) is 2. The Morgan fingerprint density at radius 3 is 2.41 bits per heavy atom. The quantitative estimate of drug-likeness (QED) is 0.703. The van der Waals surface area contributed by atoms with Gasteiger partial charge < -0.3 is 9.47 Å². The van der Waals surface area contributed by atoms with Gasteiger partial charge >= 0.3 is 0 Å². The van der Waals surface area contributed by atoms with Crippen molar-refractivity contribution in [1.29, 1.82) is 0 Å². The number of anilines is 1. The molecule has 1 atom stereocenters. The monoisotopic (exact) mass is 368 g/mol. The Balaban J connectivity index is 1.66. The van der Waals surface area contributed by atoms with E-state index in [1.165, 1.54) is 4.90 Å². The third-order valence-corrected chi connectivity index (χ3v) is 4.87.